The molecule has 102 valence electrons. The van der Waals surface area contributed by atoms with Crippen LogP contribution in [0.1, 0.15) is 52.5 Å². The zero-order valence-corrected chi connectivity index (χ0v) is 12.5. The topological polar surface area (TPSA) is 12.0 Å². The first kappa shape index (κ1) is 15.2. The van der Waals surface area contributed by atoms with E-state index in [0.29, 0.717) is 0 Å². The molecule has 1 unspecified atom stereocenters. The highest BCUT2D eigenvalue weighted by Crippen LogP contribution is 2.13. The molecule has 1 heteroatoms. The lowest BCUT2D eigenvalue weighted by Gasteiger charge is -2.22. The molecule has 1 nitrogen and oxygen atoms in total. The molecule has 1 atom stereocenters. The predicted octanol–water partition coefficient (Wildman–Crippen LogP) is 4.42. The van der Waals surface area contributed by atoms with Crippen molar-refractivity contribution in [1.82, 2.24) is 5.32 Å². The highest BCUT2D eigenvalue weighted by Gasteiger charge is 2.09. The summed E-state index contributed by atoms with van der Waals surface area (Å²) in [5, 5.41) is 3.56. The highest BCUT2D eigenvalue weighted by atomic mass is 14.9. The van der Waals surface area contributed by atoms with Crippen LogP contribution >= 0.6 is 0 Å². The molecule has 0 amide bonds. The quantitative estimate of drug-likeness (QED) is 0.752. The Hall–Kier alpha value is -0.820. The van der Waals surface area contributed by atoms with Crippen LogP contribution in [0.4, 0.5) is 0 Å². The van der Waals surface area contributed by atoms with Crippen molar-refractivity contribution in [3.8, 4) is 0 Å². The van der Waals surface area contributed by atoms with Gasteiger partial charge in [0.15, 0.2) is 0 Å². The van der Waals surface area contributed by atoms with Crippen LogP contribution in [0, 0.1) is 5.92 Å². The van der Waals surface area contributed by atoms with Crippen molar-refractivity contribution < 1.29 is 0 Å². The minimum Gasteiger partial charge on any atom is -0.312 e. The maximum Gasteiger partial charge on any atom is 0.00965 e. The number of hydrogen-bond donors (Lipinski definition) is 1. The number of rotatable bonds is 7. The van der Waals surface area contributed by atoms with Crippen LogP contribution in [0.3, 0.4) is 0 Å². The molecule has 18 heavy (non-hydrogen) atoms. The molecular formula is C17H29N. The number of nitrogens with one attached hydrogen (secondary N) is 1. The Bertz CT molecular complexity index is 310. The van der Waals surface area contributed by atoms with Crippen molar-refractivity contribution in [2.45, 2.75) is 58.9 Å². The van der Waals surface area contributed by atoms with Crippen LogP contribution in [0.15, 0.2) is 30.3 Å². The molecule has 1 aromatic carbocycles. The van der Waals surface area contributed by atoms with Gasteiger partial charge >= 0.3 is 0 Å². The molecule has 0 fully saturated rings. The van der Waals surface area contributed by atoms with Crippen molar-refractivity contribution in [1.29, 1.82) is 0 Å². The SMILES string of the molecule is CC(CCCc1ccccc1)CCNC(C)(C)C. The van der Waals surface area contributed by atoms with Crippen molar-refractivity contribution in [2.75, 3.05) is 6.54 Å². The number of hydrogen-bond acceptors (Lipinski definition) is 1. The van der Waals surface area contributed by atoms with E-state index in [1.54, 1.807) is 0 Å². The van der Waals surface area contributed by atoms with E-state index in [1.807, 2.05) is 0 Å². The third-order valence-electron chi connectivity index (χ3n) is 3.30. The first-order valence-electron chi connectivity index (χ1n) is 7.26. The summed E-state index contributed by atoms with van der Waals surface area (Å²) in [5.41, 5.74) is 1.72. The summed E-state index contributed by atoms with van der Waals surface area (Å²) < 4.78 is 0. The maximum atomic E-state index is 3.56. The number of benzene rings is 1. The Morgan fingerprint density at radius 2 is 1.72 bits per heavy atom. The van der Waals surface area contributed by atoms with Gasteiger partial charge in [-0.15, -0.1) is 0 Å². The molecule has 0 aliphatic rings. The fourth-order valence-electron chi connectivity index (χ4n) is 2.14. The van der Waals surface area contributed by atoms with Gasteiger partial charge in [0.05, 0.1) is 0 Å². The lowest BCUT2D eigenvalue weighted by Crippen LogP contribution is -2.36. The molecule has 0 bridgehead atoms. The molecule has 0 spiro atoms. The summed E-state index contributed by atoms with van der Waals surface area (Å²) in [6, 6.07) is 10.8. The number of aryl methyl sites for hydroxylation is 1. The van der Waals surface area contributed by atoms with Gasteiger partial charge < -0.3 is 5.32 Å². The summed E-state index contributed by atoms with van der Waals surface area (Å²) >= 11 is 0. The fourth-order valence-corrected chi connectivity index (χ4v) is 2.14. The van der Waals surface area contributed by atoms with Gasteiger partial charge in [-0.05, 0) is 58.1 Å². The summed E-state index contributed by atoms with van der Waals surface area (Å²) in [6.07, 6.45) is 5.14. The van der Waals surface area contributed by atoms with Gasteiger partial charge in [-0.3, -0.25) is 0 Å². The highest BCUT2D eigenvalue weighted by molar-refractivity contribution is 5.14. The van der Waals surface area contributed by atoms with Gasteiger partial charge in [-0.2, -0.15) is 0 Å². The van der Waals surface area contributed by atoms with Gasteiger partial charge in [-0.25, -0.2) is 0 Å². The molecular weight excluding hydrogens is 218 g/mol. The van der Waals surface area contributed by atoms with E-state index < -0.39 is 0 Å². The minimum atomic E-state index is 0.254. The molecule has 0 saturated carbocycles. The van der Waals surface area contributed by atoms with Gasteiger partial charge in [-0.1, -0.05) is 43.7 Å². The molecule has 1 N–H and O–H groups in total. The largest absolute Gasteiger partial charge is 0.312 e. The van der Waals surface area contributed by atoms with Crippen LogP contribution in [0.2, 0.25) is 0 Å². The second-order valence-corrected chi connectivity index (χ2v) is 6.45. The minimum absolute atomic E-state index is 0.254. The van der Waals surface area contributed by atoms with E-state index >= 15 is 0 Å². The summed E-state index contributed by atoms with van der Waals surface area (Å²) in [5.74, 6) is 0.823. The average molecular weight is 247 g/mol. The van der Waals surface area contributed by atoms with Crippen molar-refractivity contribution in [3.05, 3.63) is 35.9 Å². The van der Waals surface area contributed by atoms with E-state index in [1.165, 1.54) is 31.2 Å². The first-order valence-corrected chi connectivity index (χ1v) is 7.26. The Morgan fingerprint density at radius 3 is 2.33 bits per heavy atom. The summed E-state index contributed by atoms with van der Waals surface area (Å²) in [6.45, 7) is 10.2. The van der Waals surface area contributed by atoms with E-state index in [0.717, 1.165) is 12.5 Å². The predicted molar refractivity (Wildman–Crippen MR) is 80.9 cm³/mol. The van der Waals surface area contributed by atoms with Crippen molar-refractivity contribution >= 4 is 0 Å². The van der Waals surface area contributed by atoms with Gasteiger partial charge in [0, 0.05) is 5.54 Å². The Balaban J connectivity index is 2.09. The maximum absolute atomic E-state index is 3.56. The van der Waals surface area contributed by atoms with E-state index in [9.17, 15) is 0 Å². The summed E-state index contributed by atoms with van der Waals surface area (Å²) in [7, 11) is 0. The molecule has 0 saturated heterocycles. The zero-order valence-electron chi connectivity index (χ0n) is 12.5. The molecule has 0 heterocycles. The van der Waals surface area contributed by atoms with Gasteiger partial charge in [0.1, 0.15) is 0 Å². The zero-order chi connectivity index (χ0) is 13.4. The normalized spacial score (nSPS) is 13.6. The molecule has 0 aliphatic heterocycles. The van der Waals surface area contributed by atoms with Crippen molar-refractivity contribution in [2.24, 2.45) is 5.92 Å². The van der Waals surface area contributed by atoms with Crippen LogP contribution in [-0.4, -0.2) is 12.1 Å². The van der Waals surface area contributed by atoms with Crippen molar-refractivity contribution in [3.63, 3.8) is 0 Å². The Kier molecular flexibility index (Phi) is 6.42. The molecule has 0 aromatic heterocycles. The lowest BCUT2D eigenvalue weighted by atomic mass is 9.98. The standard InChI is InChI=1S/C17H29N/c1-15(13-14-18-17(2,3)4)9-8-12-16-10-6-5-7-11-16/h5-7,10-11,15,18H,8-9,12-14H2,1-4H3. The van der Waals surface area contributed by atoms with Crippen LogP contribution in [-0.2, 0) is 6.42 Å². The van der Waals surface area contributed by atoms with Crippen LogP contribution in [0.5, 0.6) is 0 Å². The monoisotopic (exact) mass is 247 g/mol. The van der Waals surface area contributed by atoms with E-state index in [4.69, 9.17) is 0 Å². The van der Waals surface area contributed by atoms with Gasteiger partial charge in [0.25, 0.3) is 0 Å². The van der Waals surface area contributed by atoms with Crippen LogP contribution in [0.25, 0.3) is 0 Å². The Labute approximate surface area is 113 Å². The van der Waals surface area contributed by atoms with Crippen LogP contribution < -0.4 is 5.32 Å². The second-order valence-electron chi connectivity index (χ2n) is 6.45. The molecule has 0 aliphatic carbocycles. The lowest BCUT2D eigenvalue weighted by molar-refractivity contribution is 0.383. The summed E-state index contributed by atoms with van der Waals surface area (Å²) in [4.78, 5) is 0. The molecule has 0 radical (unpaired) electrons. The third-order valence-corrected chi connectivity index (χ3v) is 3.30. The van der Waals surface area contributed by atoms with E-state index in [2.05, 4.69) is 63.3 Å². The van der Waals surface area contributed by atoms with Gasteiger partial charge in [0.2, 0.25) is 0 Å². The Morgan fingerprint density at radius 1 is 1.06 bits per heavy atom. The molecule has 1 rings (SSSR count). The second kappa shape index (κ2) is 7.58. The fraction of sp³-hybridized carbons (Fsp3) is 0.647. The first-order chi connectivity index (χ1) is 8.47. The third kappa shape index (κ3) is 7.50. The smallest absolute Gasteiger partial charge is 0.00965 e. The van der Waals surface area contributed by atoms with E-state index in [-0.39, 0.29) is 5.54 Å². The molecule has 1 aromatic rings. The average Bonchev–Trinajstić information content (AvgIpc) is 2.28.